The molecule has 2 aromatic rings. The van der Waals surface area contributed by atoms with Crippen molar-refractivity contribution < 1.29 is 9.50 Å². The maximum absolute atomic E-state index is 14.2. The number of aromatic hydroxyl groups is 1. The Morgan fingerprint density at radius 1 is 1.31 bits per heavy atom. The zero-order valence-corrected chi connectivity index (χ0v) is 14.6. The van der Waals surface area contributed by atoms with Crippen molar-refractivity contribution in [2.75, 3.05) is 25.5 Å². The molecule has 1 aliphatic rings. The van der Waals surface area contributed by atoms with E-state index in [0.717, 1.165) is 11.3 Å². The predicted molar refractivity (Wildman–Crippen MR) is 101 cm³/mol. The van der Waals surface area contributed by atoms with Crippen molar-refractivity contribution in [2.45, 2.75) is 6.42 Å². The molecule has 1 aromatic heterocycles. The number of hydrogen-bond donors (Lipinski definition) is 2. The minimum absolute atomic E-state index is 0.100. The molecule has 7 heteroatoms. The molecule has 1 aliphatic heterocycles. The van der Waals surface area contributed by atoms with Crippen LogP contribution in [0.3, 0.4) is 0 Å². The number of aliphatic imine (C=N–C) groups is 1. The number of rotatable bonds is 2. The van der Waals surface area contributed by atoms with Crippen LogP contribution in [0.15, 0.2) is 53.3 Å². The molecule has 134 valence electrons. The second-order valence-electron chi connectivity index (χ2n) is 6.11. The average molecular weight is 353 g/mol. The summed E-state index contributed by atoms with van der Waals surface area (Å²) in [5, 5.41) is 17.7. The number of halogens is 1. The molecule has 0 bridgehead atoms. The van der Waals surface area contributed by atoms with Crippen molar-refractivity contribution in [3.63, 3.8) is 0 Å². The monoisotopic (exact) mass is 353 g/mol. The van der Waals surface area contributed by atoms with E-state index in [9.17, 15) is 9.50 Å². The van der Waals surface area contributed by atoms with E-state index in [1.54, 1.807) is 49.6 Å². The number of benzene rings is 1. The van der Waals surface area contributed by atoms with E-state index in [0.29, 0.717) is 24.4 Å². The van der Waals surface area contributed by atoms with Gasteiger partial charge in [-0.3, -0.25) is 10.4 Å². The lowest BCUT2D eigenvalue weighted by molar-refractivity contribution is 0.432. The summed E-state index contributed by atoms with van der Waals surface area (Å²) in [5.74, 6) is -0.354. The largest absolute Gasteiger partial charge is 0.505 e. The average Bonchev–Trinajstić information content (AvgIpc) is 3.02. The van der Waals surface area contributed by atoms with Crippen LogP contribution in [-0.4, -0.2) is 47.4 Å². The lowest BCUT2D eigenvalue weighted by Crippen LogP contribution is -2.28. The highest BCUT2D eigenvalue weighted by molar-refractivity contribution is 6.17. The van der Waals surface area contributed by atoms with Crippen molar-refractivity contribution in [3.05, 3.63) is 59.7 Å². The van der Waals surface area contributed by atoms with Crippen LogP contribution in [0, 0.1) is 11.2 Å². The molecule has 26 heavy (non-hydrogen) atoms. The summed E-state index contributed by atoms with van der Waals surface area (Å²) in [4.78, 5) is 12.0. The summed E-state index contributed by atoms with van der Waals surface area (Å²) in [6.07, 6.45) is 5.72. The van der Waals surface area contributed by atoms with Gasteiger partial charge in [-0.15, -0.1) is 0 Å². The molecule has 0 saturated carbocycles. The van der Waals surface area contributed by atoms with Gasteiger partial charge in [0, 0.05) is 44.3 Å². The quantitative estimate of drug-likeness (QED) is 0.642. The Hall–Kier alpha value is -3.22. The van der Waals surface area contributed by atoms with Gasteiger partial charge in [0.05, 0.1) is 0 Å². The smallest absolute Gasteiger partial charge is 0.219 e. The normalized spacial score (nSPS) is 17.1. The molecule has 2 heterocycles. The summed E-state index contributed by atoms with van der Waals surface area (Å²) in [6.45, 7) is 0.663. The van der Waals surface area contributed by atoms with Crippen LogP contribution in [0.25, 0.3) is 6.08 Å². The number of anilines is 1. The van der Waals surface area contributed by atoms with E-state index in [1.165, 1.54) is 6.07 Å². The molecular weight excluding hydrogens is 333 g/mol. The van der Waals surface area contributed by atoms with Gasteiger partial charge in [-0.1, -0.05) is 12.1 Å². The van der Waals surface area contributed by atoms with Gasteiger partial charge >= 0.3 is 0 Å². The second-order valence-corrected chi connectivity index (χ2v) is 6.11. The van der Waals surface area contributed by atoms with E-state index >= 15 is 0 Å². The van der Waals surface area contributed by atoms with Gasteiger partial charge in [0.25, 0.3) is 0 Å². The molecule has 3 rings (SSSR count). The molecule has 1 aromatic carbocycles. The minimum Gasteiger partial charge on any atom is -0.505 e. The van der Waals surface area contributed by atoms with E-state index < -0.39 is 5.82 Å². The van der Waals surface area contributed by atoms with Gasteiger partial charge in [-0.05, 0) is 36.3 Å². The van der Waals surface area contributed by atoms with Crippen molar-refractivity contribution in [1.29, 1.82) is 5.41 Å². The lowest BCUT2D eigenvalue weighted by Gasteiger charge is -2.20. The van der Waals surface area contributed by atoms with Gasteiger partial charge < -0.3 is 14.9 Å². The molecule has 0 spiro atoms. The van der Waals surface area contributed by atoms with Crippen LogP contribution in [0.4, 0.5) is 10.1 Å². The fraction of sp³-hybridized carbons (Fsp3) is 0.211. The number of nitrogens with zero attached hydrogens (tertiary/aromatic N) is 4. The Labute approximate surface area is 151 Å². The number of aromatic nitrogens is 1. The van der Waals surface area contributed by atoms with Crippen molar-refractivity contribution >= 4 is 23.6 Å². The summed E-state index contributed by atoms with van der Waals surface area (Å²) in [6, 6.07) is 8.25. The molecule has 0 unspecified atom stereocenters. The van der Waals surface area contributed by atoms with Gasteiger partial charge in [0.15, 0.2) is 11.6 Å². The van der Waals surface area contributed by atoms with Crippen LogP contribution in [-0.2, 0) is 0 Å². The zero-order valence-electron chi connectivity index (χ0n) is 14.6. The van der Waals surface area contributed by atoms with Crippen LogP contribution in [0.5, 0.6) is 5.75 Å². The summed E-state index contributed by atoms with van der Waals surface area (Å²) in [5.41, 5.74) is 2.00. The number of phenols is 1. The molecule has 1 saturated heterocycles. The molecular formula is C19H20FN5O. The maximum Gasteiger partial charge on any atom is 0.219 e. The predicted octanol–water partition coefficient (Wildman–Crippen LogP) is 3.11. The highest BCUT2D eigenvalue weighted by Gasteiger charge is 2.26. The summed E-state index contributed by atoms with van der Waals surface area (Å²) < 4.78 is 14.2. The second kappa shape index (κ2) is 7.35. The number of phenolic OH excluding ortho intramolecular Hbond substituents is 1. The molecule has 2 N–H and O–H groups in total. The fourth-order valence-corrected chi connectivity index (χ4v) is 2.70. The standard InChI is InChI=1S/C19H20FN5O/c1-24(2)19(21)23-18-14(12-13-4-3-5-16(26)17(13)20)8-11-25(18)15-6-9-22-10-7-15/h3-7,9-10,12,21,26H,8,11H2,1-2H3/b14-12+,21-19?,23-18+. The number of hydrogen-bond acceptors (Lipinski definition) is 3. The van der Waals surface area contributed by atoms with E-state index in [4.69, 9.17) is 5.41 Å². The molecule has 0 amide bonds. The first-order valence-corrected chi connectivity index (χ1v) is 8.18. The van der Waals surface area contributed by atoms with E-state index in [-0.39, 0.29) is 11.7 Å². The van der Waals surface area contributed by atoms with Crippen LogP contribution < -0.4 is 4.90 Å². The van der Waals surface area contributed by atoms with Crippen LogP contribution >= 0.6 is 0 Å². The SMILES string of the molecule is CN(C)C(=N)/N=C1\C(=C\c2cccc(O)c2F)CCN1c1ccncc1. The van der Waals surface area contributed by atoms with Gasteiger partial charge in [-0.2, -0.15) is 4.99 Å². The molecule has 1 fully saturated rings. The Morgan fingerprint density at radius 3 is 2.73 bits per heavy atom. The van der Waals surface area contributed by atoms with Crippen molar-refractivity contribution in [3.8, 4) is 5.75 Å². The molecule has 0 aliphatic carbocycles. The molecule has 0 atom stereocenters. The Bertz CT molecular complexity index is 877. The third-order valence-electron chi connectivity index (χ3n) is 4.10. The van der Waals surface area contributed by atoms with Gasteiger partial charge in [0.1, 0.15) is 5.84 Å². The maximum atomic E-state index is 14.2. The third kappa shape index (κ3) is 3.56. The Kier molecular flexibility index (Phi) is 4.97. The third-order valence-corrected chi connectivity index (χ3v) is 4.10. The van der Waals surface area contributed by atoms with Gasteiger partial charge in [0.2, 0.25) is 5.96 Å². The van der Waals surface area contributed by atoms with E-state index in [1.807, 2.05) is 17.0 Å². The number of guanidine groups is 1. The number of pyridine rings is 1. The highest BCUT2D eigenvalue weighted by atomic mass is 19.1. The lowest BCUT2D eigenvalue weighted by atomic mass is 10.1. The van der Waals surface area contributed by atoms with Crippen LogP contribution in [0.2, 0.25) is 0 Å². The molecule has 6 nitrogen and oxygen atoms in total. The summed E-state index contributed by atoms with van der Waals surface area (Å²) in [7, 11) is 3.49. The van der Waals surface area contributed by atoms with Crippen molar-refractivity contribution in [2.24, 2.45) is 4.99 Å². The van der Waals surface area contributed by atoms with Crippen molar-refractivity contribution in [1.82, 2.24) is 9.88 Å². The van der Waals surface area contributed by atoms with Gasteiger partial charge in [-0.25, -0.2) is 4.39 Å². The first-order chi connectivity index (χ1) is 12.5. The Morgan fingerprint density at radius 2 is 2.04 bits per heavy atom. The topological polar surface area (TPSA) is 75.8 Å². The number of amidine groups is 1. The first-order valence-electron chi connectivity index (χ1n) is 8.18. The van der Waals surface area contributed by atoms with E-state index in [2.05, 4.69) is 9.98 Å². The molecule has 0 radical (unpaired) electrons. The minimum atomic E-state index is -0.663. The fourth-order valence-electron chi connectivity index (χ4n) is 2.70. The first kappa shape index (κ1) is 17.6. The summed E-state index contributed by atoms with van der Waals surface area (Å²) >= 11 is 0. The number of nitrogens with one attached hydrogen (secondary N) is 1. The highest BCUT2D eigenvalue weighted by Crippen LogP contribution is 2.29. The Balaban J connectivity index is 2.05. The van der Waals surface area contributed by atoms with Crippen LogP contribution in [0.1, 0.15) is 12.0 Å². The zero-order chi connectivity index (χ0) is 18.7.